The Morgan fingerprint density at radius 3 is 2.33 bits per heavy atom. The van der Waals surface area contributed by atoms with Gasteiger partial charge in [0.2, 0.25) is 0 Å². The van der Waals surface area contributed by atoms with Gasteiger partial charge in [-0.2, -0.15) is 4.36 Å². The van der Waals surface area contributed by atoms with Crippen molar-refractivity contribution in [1.82, 2.24) is 9.88 Å². The zero-order valence-electron chi connectivity index (χ0n) is 21.5. The van der Waals surface area contributed by atoms with Gasteiger partial charge in [-0.25, -0.2) is 9.19 Å². The van der Waals surface area contributed by atoms with Crippen molar-refractivity contribution in [3.05, 3.63) is 82.0 Å². The Bertz CT molecular complexity index is 1530. The molecule has 1 fully saturated rings. The second-order valence-corrected chi connectivity index (χ2v) is 12.4. The van der Waals surface area contributed by atoms with Gasteiger partial charge in [0, 0.05) is 41.0 Å². The molecule has 13 heteroatoms. The number of aliphatic hydroxyl groups is 1. The number of aliphatic hydroxyl groups excluding tert-OH is 1. The molecule has 0 bridgehead atoms. The highest BCUT2D eigenvalue weighted by Gasteiger charge is 2.20. The molecule has 2 heterocycles. The zero-order valence-corrected chi connectivity index (χ0v) is 23.8. The van der Waals surface area contributed by atoms with Crippen LogP contribution in [-0.4, -0.2) is 68.9 Å². The Kier molecular flexibility index (Phi) is 9.54. The molecular formula is C27H27Cl2N5O5S. The molecule has 1 aliphatic rings. The Balaban J connectivity index is 1.45. The van der Waals surface area contributed by atoms with Gasteiger partial charge in [0.1, 0.15) is 5.82 Å². The summed E-state index contributed by atoms with van der Waals surface area (Å²) in [7, 11) is -3.04. The predicted molar refractivity (Wildman–Crippen MR) is 154 cm³/mol. The number of nitrogens with zero attached hydrogens (tertiary/aromatic N) is 3. The van der Waals surface area contributed by atoms with Crippen molar-refractivity contribution in [2.24, 2.45) is 4.36 Å². The number of nitrogens with one attached hydrogen (secondary N) is 2. The normalized spacial score (nSPS) is 15.6. The summed E-state index contributed by atoms with van der Waals surface area (Å²) < 4.78 is 17.1. The number of benzene rings is 2. The average Bonchev–Trinajstić information content (AvgIpc) is 2.92. The molecule has 1 atom stereocenters. The van der Waals surface area contributed by atoms with Crippen LogP contribution in [0.5, 0.6) is 0 Å². The highest BCUT2D eigenvalue weighted by molar-refractivity contribution is 7.93. The third kappa shape index (κ3) is 7.86. The number of pyridine rings is 1. The maximum absolute atomic E-state index is 13.2. The molecule has 0 spiro atoms. The first-order chi connectivity index (χ1) is 19.0. The number of halogens is 2. The van der Waals surface area contributed by atoms with Crippen LogP contribution in [0.3, 0.4) is 0 Å². The summed E-state index contributed by atoms with van der Waals surface area (Å²) in [4.78, 5) is 44.5. The minimum atomic E-state index is -3.04. The number of likely N-dealkylation sites (tertiary alicyclic amines) is 1. The van der Waals surface area contributed by atoms with Crippen molar-refractivity contribution in [3.63, 3.8) is 0 Å². The Morgan fingerprint density at radius 2 is 1.68 bits per heavy atom. The van der Waals surface area contributed by atoms with Crippen LogP contribution in [0.15, 0.2) is 70.1 Å². The summed E-state index contributed by atoms with van der Waals surface area (Å²) in [6, 6.07) is 13.5. The quantitative estimate of drug-likeness (QED) is 0.365. The minimum absolute atomic E-state index is 0.0309. The average molecular weight is 605 g/mol. The monoisotopic (exact) mass is 603 g/mol. The molecule has 210 valence electrons. The van der Waals surface area contributed by atoms with E-state index < -0.39 is 27.5 Å². The number of hydrogen-bond donors (Lipinski definition) is 3. The first-order valence-electron chi connectivity index (χ1n) is 12.3. The summed E-state index contributed by atoms with van der Waals surface area (Å²) in [5, 5.41) is 15.7. The molecule has 3 aromatic rings. The van der Waals surface area contributed by atoms with Gasteiger partial charge in [0.15, 0.2) is 0 Å². The lowest BCUT2D eigenvalue weighted by Crippen LogP contribution is -2.38. The Morgan fingerprint density at radius 1 is 1.00 bits per heavy atom. The van der Waals surface area contributed by atoms with Crippen LogP contribution >= 0.6 is 23.2 Å². The minimum Gasteiger partial charge on any atom is -0.393 e. The number of piperidine rings is 1. The van der Waals surface area contributed by atoms with Gasteiger partial charge in [0.25, 0.3) is 17.7 Å². The number of carbonyl (C=O) groups is 3. The van der Waals surface area contributed by atoms with E-state index in [0.717, 1.165) is 0 Å². The second-order valence-electron chi connectivity index (χ2n) is 9.28. The van der Waals surface area contributed by atoms with Crippen molar-refractivity contribution < 1.29 is 23.7 Å². The molecule has 2 aromatic carbocycles. The van der Waals surface area contributed by atoms with Crippen LogP contribution in [0.2, 0.25) is 10.0 Å². The van der Waals surface area contributed by atoms with Gasteiger partial charge in [-0.1, -0.05) is 23.2 Å². The molecule has 3 N–H and O–H groups in total. The molecule has 4 rings (SSSR count). The topological polar surface area (TPSA) is 141 Å². The van der Waals surface area contributed by atoms with Crippen molar-refractivity contribution in [2.45, 2.75) is 23.8 Å². The molecular weight excluding hydrogens is 577 g/mol. The fraction of sp³-hybridized carbons (Fsp3) is 0.259. The van der Waals surface area contributed by atoms with Gasteiger partial charge in [-0.3, -0.25) is 19.3 Å². The molecule has 0 aliphatic carbocycles. The largest absolute Gasteiger partial charge is 0.393 e. The third-order valence-corrected chi connectivity index (χ3v) is 8.35. The Labute approximate surface area is 241 Å². The lowest BCUT2D eigenvalue weighted by Gasteiger charge is -2.28. The fourth-order valence-corrected chi connectivity index (χ4v) is 5.52. The predicted octanol–water partition coefficient (Wildman–Crippen LogP) is 4.33. The molecule has 40 heavy (non-hydrogen) atoms. The van der Waals surface area contributed by atoms with Crippen molar-refractivity contribution in [2.75, 3.05) is 36.5 Å². The third-order valence-electron chi connectivity index (χ3n) is 6.19. The molecule has 0 saturated carbocycles. The van der Waals surface area contributed by atoms with E-state index in [1.165, 1.54) is 61.0 Å². The highest BCUT2D eigenvalue weighted by atomic mass is 35.5. The molecule has 10 nitrogen and oxygen atoms in total. The van der Waals surface area contributed by atoms with E-state index in [9.17, 15) is 23.7 Å². The number of amides is 3. The van der Waals surface area contributed by atoms with E-state index in [2.05, 4.69) is 20.0 Å². The summed E-state index contributed by atoms with van der Waals surface area (Å²) in [5.74, 6) is -1.30. The van der Waals surface area contributed by atoms with E-state index in [1.807, 2.05) is 4.90 Å². The van der Waals surface area contributed by atoms with Crippen molar-refractivity contribution >= 4 is 62.2 Å². The van der Waals surface area contributed by atoms with E-state index in [0.29, 0.717) is 40.9 Å². The summed E-state index contributed by atoms with van der Waals surface area (Å²) in [6.45, 7) is 1.18. The van der Waals surface area contributed by atoms with Gasteiger partial charge in [0.05, 0.1) is 38.7 Å². The van der Waals surface area contributed by atoms with E-state index in [1.54, 1.807) is 6.07 Å². The molecule has 1 unspecified atom stereocenters. The van der Waals surface area contributed by atoms with E-state index in [-0.39, 0.29) is 35.3 Å². The smallest absolute Gasteiger partial charge is 0.268 e. The molecule has 1 saturated heterocycles. The number of carbonyl (C=O) groups excluding carboxylic acids is 3. The Hall–Kier alpha value is -3.35. The van der Waals surface area contributed by atoms with Crippen LogP contribution in [0.1, 0.15) is 33.6 Å². The fourth-order valence-electron chi connectivity index (χ4n) is 4.04. The number of anilines is 2. The molecule has 3 amide bonds. The van der Waals surface area contributed by atoms with E-state index in [4.69, 9.17) is 23.2 Å². The van der Waals surface area contributed by atoms with Crippen LogP contribution in [-0.2, 0) is 14.5 Å². The first kappa shape index (κ1) is 29.6. The highest BCUT2D eigenvalue weighted by Crippen LogP contribution is 2.23. The standard InChI is InChI=1S/C27H27Cl2N5O5S/c1-40(39,33-25(36)16-34-12-10-20(35)11-13-34)21-6-2-17(3-7-21)26(37)31-23-8-4-18(28)14-22(23)27(38)32-24-9-5-19(29)15-30-24/h2-9,14-15,20,35H,10-13,16H2,1H3,(H,31,37)(H,30,32,38). The van der Waals surface area contributed by atoms with Gasteiger partial charge >= 0.3 is 0 Å². The van der Waals surface area contributed by atoms with Crippen LogP contribution in [0.25, 0.3) is 0 Å². The van der Waals surface area contributed by atoms with Gasteiger partial charge in [-0.15, -0.1) is 0 Å². The molecule has 1 aliphatic heterocycles. The van der Waals surface area contributed by atoms with Crippen molar-refractivity contribution in [3.8, 4) is 0 Å². The van der Waals surface area contributed by atoms with Crippen LogP contribution in [0.4, 0.5) is 11.5 Å². The summed E-state index contributed by atoms with van der Waals surface area (Å²) >= 11 is 11.9. The number of hydrogen-bond acceptors (Lipinski definition) is 7. The van der Waals surface area contributed by atoms with E-state index >= 15 is 0 Å². The number of aromatic nitrogens is 1. The van der Waals surface area contributed by atoms with Crippen molar-refractivity contribution in [1.29, 1.82) is 0 Å². The van der Waals surface area contributed by atoms with Gasteiger partial charge < -0.3 is 15.7 Å². The molecule has 0 radical (unpaired) electrons. The van der Waals surface area contributed by atoms with Gasteiger partial charge in [-0.05, 0) is 67.4 Å². The van der Waals surface area contributed by atoms with Crippen LogP contribution < -0.4 is 10.6 Å². The summed E-state index contributed by atoms with van der Waals surface area (Å²) in [5.41, 5.74) is 0.569. The first-order valence-corrected chi connectivity index (χ1v) is 15.0. The lowest BCUT2D eigenvalue weighted by molar-refractivity contribution is -0.119. The SMILES string of the molecule is CS(=O)(=NC(=O)CN1CCC(O)CC1)c1ccc(C(=O)Nc2ccc(Cl)cc2C(=O)Nc2ccc(Cl)cn2)cc1. The zero-order chi connectivity index (χ0) is 28.9. The van der Waals surface area contributed by atoms with Crippen LogP contribution in [0, 0.1) is 0 Å². The molecule has 1 aromatic heterocycles. The second kappa shape index (κ2) is 12.9. The lowest BCUT2D eigenvalue weighted by atomic mass is 10.1. The number of rotatable bonds is 7. The summed E-state index contributed by atoms with van der Waals surface area (Å²) in [6.07, 6.45) is 3.57. The maximum Gasteiger partial charge on any atom is 0.268 e. The maximum atomic E-state index is 13.2.